The summed E-state index contributed by atoms with van der Waals surface area (Å²) in [7, 11) is 0. The SMILES string of the molecule is CCNC(c1ccc(SC)cc1)C(C)c1ccncc1. The molecule has 0 radical (unpaired) electrons. The summed E-state index contributed by atoms with van der Waals surface area (Å²) >= 11 is 1.78. The van der Waals surface area contributed by atoms with Crippen molar-refractivity contribution in [1.29, 1.82) is 0 Å². The average molecular weight is 286 g/mol. The minimum absolute atomic E-state index is 0.332. The van der Waals surface area contributed by atoms with Crippen LogP contribution in [0.25, 0.3) is 0 Å². The fraction of sp³-hybridized carbons (Fsp3) is 0.353. The number of hydrogen-bond acceptors (Lipinski definition) is 3. The molecule has 0 aliphatic carbocycles. The number of pyridine rings is 1. The highest BCUT2D eigenvalue weighted by Crippen LogP contribution is 2.31. The molecule has 0 aliphatic rings. The largest absolute Gasteiger partial charge is 0.310 e. The van der Waals surface area contributed by atoms with E-state index in [0.29, 0.717) is 12.0 Å². The van der Waals surface area contributed by atoms with Crippen molar-refractivity contribution in [3.05, 3.63) is 59.9 Å². The maximum Gasteiger partial charge on any atom is 0.0386 e. The number of hydrogen-bond donors (Lipinski definition) is 1. The van der Waals surface area contributed by atoms with Crippen molar-refractivity contribution in [1.82, 2.24) is 10.3 Å². The maximum atomic E-state index is 4.11. The molecule has 0 aliphatic heterocycles. The maximum absolute atomic E-state index is 4.11. The minimum atomic E-state index is 0.332. The third-order valence-electron chi connectivity index (χ3n) is 3.63. The zero-order chi connectivity index (χ0) is 14.4. The summed E-state index contributed by atoms with van der Waals surface area (Å²) < 4.78 is 0. The van der Waals surface area contributed by atoms with Gasteiger partial charge in [-0.05, 0) is 48.2 Å². The highest BCUT2D eigenvalue weighted by molar-refractivity contribution is 7.98. The van der Waals surface area contributed by atoms with Gasteiger partial charge in [-0.25, -0.2) is 0 Å². The molecule has 1 heterocycles. The number of thioether (sulfide) groups is 1. The summed E-state index contributed by atoms with van der Waals surface area (Å²) in [5.41, 5.74) is 2.66. The quantitative estimate of drug-likeness (QED) is 0.803. The molecule has 2 aromatic rings. The predicted octanol–water partition coefficient (Wildman–Crippen LogP) is 4.26. The van der Waals surface area contributed by atoms with Gasteiger partial charge < -0.3 is 5.32 Å². The lowest BCUT2D eigenvalue weighted by Gasteiger charge is -2.26. The summed E-state index contributed by atoms with van der Waals surface area (Å²) in [5.74, 6) is 0.415. The van der Waals surface area contributed by atoms with E-state index in [1.165, 1.54) is 16.0 Å². The second-order valence-corrected chi connectivity index (χ2v) is 5.76. The van der Waals surface area contributed by atoms with Crippen molar-refractivity contribution >= 4 is 11.8 Å². The molecular formula is C17H22N2S. The van der Waals surface area contributed by atoms with Gasteiger partial charge in [0, 0.05) is 29.2 Å². The van der Waals surface area contributed by atoms with Crippen LogP contribution in [0.1, 0.15) is 36.9 Å². The van der Waals surface area contributed by atoms with Gasteiger partial charge in [0.2, 0.25) is 0 Å². The van der Waals surface area contributed by atoms with Gasteiger partial charge in [0.1, 0.15) is 0 Å². The average Bonchev–Trinajstić information content (AvgIpc) is 2.53. The van der Waals surface area contributed by atoms with Gasteiger partial charge in [-0.1, -0.05) is 26.0 Å². The van der Waals surface area contributed by atoms with Gasteiger partial charge in [-0.15, -0.1) is 11.8 Å². The molecule has 2 nitrogen and oxygen atoms in total. The first-order valence-corrected chi connectivity index (χ1v) is 8.26. The van der Waals surface area contributed by atoms with Crippen molar-refractivity contribution in [3.63, 3.8) is 0 Å². The van der Waals surface area contributed by atoms with Crippen molar-refractivity contribution in [3.8, 4) is 0 Å². The third kappa shape index (κ3) is 3.62. The summed E-state index contributed by atoms with van der Waals surface area (Å²) in [5, 5.41) is 3.61. The Kier molecular flexibility index (Phi) is 5.62. The van der Waals surface area contributed by atoms with E-state index in [9.17, 15) is 0 Å². The Balaban J connectivity index is 2.25. The number of nitrogens with zero attached hydrogens (tertiary/aromatic N) is 1. The van der Waals surface area contributed by atoms with E-state index >= 15 is 0 Å². The lowest BCUT2D eigenvalue weighted by molar-refractivity contribution is 0.479. The molecular weight excluding hydrogens is 264 g/mol. The van der Waals surface area contributed by atoms with Crippen LogP contribution in [0.3, 0.4) is 0 Å². The zero-order valence-electron chi connectivity index (χ0n) is 12.3. The van der Waals surface area contributed by atoms with E-state index in [2.05, 4.69) is 66.8 Å². The topological polar surface area (TPSA) is 24.9 Å². The predicted molar refractivity (Wildman–Crippen MR) is 87.3 cm³/mol. The first kappa shape index (κ1) is 15.1. The minimum Gasteiger partial charge on any atom is -0.310 e. The molecule has 0 spiro atoms. The van der Waals surface area contributed by atoms with E-state index in [4.69, 9.17) is 0 Å². The van der Waals surface area contributed by atoms with Gasteiger partial charge in [0.05, 0.1) is 0 Å². The van der Waals surface area contributed by atoms with E-state index in [-0.39, 0.29) is 0 Å². The van der Waals surface area contributed by atoms with Crippen LogP contribution >= 0.6 is 11.8 Å². The monoisotopic (exact) mass is 286 g/mol. The Morgan fingerprint density at radius 3 is 2.25 bits per heavy atom. The van der Waals surface area contributed by atoms with Crippen LogP contribution in [0.4, 0.5) is 0 Å². The van der Waals surface area contributed by atoms with E-state index in [1.54, 1.807) is 11.8 Å². The summed E-state index contributed by atoms with van der Waals surface area (Å²) in [4.78, 5) is 5.41. The second kappa shape index (κ2) is 7.46. The lowest BCUT2D eigenvalue weighted by Crippen LogP contribution is -2.25. The van der Waals surface area contributed by atoms with Crippen LogP contribution < -0.4 is 5.32 Å². The standard InChI is InChI=1S/C17H22N2S/c1-4-19-17(13(2)14-9-11-18-12-10-14)15-5-7-16(20-3)8-6-15/h5-13,17,19H,4H2,1-3H3. The summed E-state index contributed by atoms with van der Waals surface area (Å²) in [6, 6.07) is 13.4. The normalized spacial score (nSPS) is 13.9. The van der Waals surface area contributed by atoms with Gasteiger partial charge in [0.15, 0.2) is 0 Å². The van der Waals surface area contributed by atoms with Crippen molar-refractivity contribution in [2.24, 2.45) is 0 Å². The second-order valence-electron chi connectivity index (χ2n) is 4.88. The number of rotatable bonds is 6. The molecule has 1 aromatic carbocycles. The highest BCUT2D eigenvalue weighted by atomic mass is 32.2. The molecule has 2 atom stereocenters. The van der Waals surface area contributed by atoms with Crippen molar-refractivity contribution in [2.75, 3.05) is 12.8 Å². The Labute approximate surface area is 126 Å². The molecule has 0 saturated heterocycles. The molecule has 2 unspecified atom stereocenters. The highest BCUT2D eigenvalue weighted by Gasteiger charge is 2.19. The van der Waals surface area contributed by atoms with Gasteiger partial charge in [-0.3, -0.25) is 4.98 Å². The van der Waals surface area contributed by atoms with Crippen LogP contribution in [0.5, 0.6) is 0 Å². The molecule has 0 saturated carbocycles. The number of benzene rings is 1. The van der Waals surface area contributed by atoms with Crippen LogP contribution in [0.15, 0.2) is 53.7 Å². The fourth-order valence-corrected chi connectivity index (χ4v) is 2.88. The van der Waals surface area contributed by atoms with Crippen LogP contribution in [0, 0.1) is 0 Å². The number of aromatic nitrogens is 1. The molecule has 1 N–H and O–H groups in total. The third-order valence-corrected chi connectivity index (χ3v) is 4.37. The molecule has 1 aromatic heterocycles. The van der Waals surface area contributed by atoms with E-state index in [0.717, 1.165) is 6.54 Å². The Morgan fingerprint density at radius 1 is 1.05 bits per heavy atom. The molecule has 20 heavy (non-hydrogen) atoms. The van der Waals surface area contributed by atoms with Crippen LogP contribution in [-0.4, -0.2) is 17.8 Å². The molecule has 3 heteroatoms. The Bertz CT molecular complexity index is 510. The zero-order valence-corrected chi connectivity index (χ0v) is 13.2. The number of nitrogens with one attached hydrogen (secondary N) is 1. The summed E-state index contributed by atoms with van der Waals surface area (Å²) in [6.45, 7) is 5.39. The van der Waals surface area contributed by atoms with E-state index in [1.807, 2.05) is 12.4 Å². The Morgan fingerprint density at radius 2 is 1.70 bits per heavy atom. The van der Waals surface area contributed by atoms with Gasteiger partial charge >= 0.3 is 0 Å². The van der Waals surface area contributed by atoms with Crippen molar-refractivity contribution in [2.45, 2.75) is 30.7 Å². The molecule has 0 fully saturated rings. The first-order chi connectivity index (χ1) is 9.76. The van der Waals surface area contributed by atoms with Crippen LogP contribution in [-0.2, 0) is 0 Å². The first-order valence-electron chi connectivity index (χ1n) is 7.03. The molecule has 0 amide bonds. The van der Waals surface area contributed by atoms with Crippen molar-refractivity contribution < 1.29 is 0 Å². The molecule has 106 valence electrons. The van der Waals surface area contributed by atoms with Gasteiger partial charge in [-0.2, -0.15) is 0 Å². The summed E-state index contributed by atoms with van der Waals surface area (Å²) in [6.07, 6.45) is 5.84. The lowest BCUT2D eigenvalue weighted by atomic mass is 9.89. The Hall–Kier alpha value is -1.32. The van der Waals surface area contributed by atoms with Gasteiger partial charge in [0.25, 0.3) is 0 Å². The van der Waals surface area contributed by atoms with E-state index < -0.39 is 0 Å². The fourth-order valence-electron chi connectivity index (χ4n) is 2.47. The molecule has 2 rings (SSSR count). The smallest absolute Gasteiger partial charge is 0.0386 e. The van der Waals surface area contributed by atoms with Crippen LogP contribution in [0.2, 0.25) is 0 Å². The molecule has 0 bridgehead atoms. The number of likely N-dealkylation sites (N-methyl/N-ethyl adjacent to an activating group) is 1.